The van der Waals surface area contributed by atoms with Crippen molar-refractivity contribution in [1.82, 2.24) is 19.4 Å². The van der Waals surface area contributed by atoms with Crippen molar-refractivity contribution in [3.05, 3.63) is 71.3 Å². The smallest absolute Gasteiger partial charge is 0.270 e. The molecule has 0 bridgehead atoms. The Hall–Kier alpha value is -3.87. The molecule has 32 heavy (non-hydrogen) atoms. The van der Waals surface area contributed by atoms with Crippen LogP contribution in [-0.4, -0.2) is 44.3 Å². The van der Waals surface area contributed by atoms with Gasteiger partial charge in [0.25, 0.3) is 5.91 Å². The minimum absolute atomic E-state index is 0.0575. The molecule has 0 unspecified atom stereocenters. The van der Waals surface area contributed by atoms with Gasteiger partial charge in [-0.25, -0.2) is 4.98 Å². The van der Waals surface area contributed by atoms with Gasteiger partial charge in [-0.05, 0) is 55.3 Å². The molecule has 0 saturated carbocycles. The Bertz CT molecular complexity index is 1370. The van der Waals surface area contributed by atoms with Gasteiger partial charge in [-0.1, -0.05) is 12.1 Å². The molecule has 1 amide bonds. The van der Waals surface area contributed by atoms with Crippen LogP contribution >= 0.6 is 0 Å². The quantitative estimate of drug-likeness (QED) is 0.498. The van der Waals surface area contributed by atoms with Gasteiger partial charge in [-0.2, -0.15) is 0 Å². The van der Waals surface area contributed by atoms with Crippen molar-refractivity contribution in [2.75, 3.05) is 13.2 Å². The number of carbonyl (C=O) groups excluding carboxylic acids is 2. The summed E-state index contributed by atoms with van der Waals surface area (Å²) in [7, 11) is 1.78. The number of aryl methyl sites for hydroxylation is 2. The third-order valence-electron chi connectivity index (χ3n) is 5.89. The van der Waals surface area contributed by atoms with Gasteiger partial charge in [0.2, 0.25) is 0 Å². The molecule has 0 saturated heterocycles. The van der Waals surface area contributed by atoms with Crippen LogP contribution in [0, 0.1) is 6.92 Å². The fraction of sp³-hybridized carbons (Fsp3) is 0.240. The van der Waals surface area contributed by atoms with Crippen LogP contribution in [0.15, 0.2) is 48.7 Å². The number of Topliss-reactive ketones (excluding diaryl/α,β-unsaturated/α-hetero) is 1. The first-order valence-electron chi connectivity index (χ1n) is 10.6. The number of amides is 1. The van der Waals surface area contributed by atoms with Crippen molar-refractivity contribution >= 4 is 22.7 Å². The van der Waals surface area contributed by atoms with Crippen LogP contribution in [-0.2, 0) is 13.6 Å². The van der Waals surface area contributed by atoms with E-state index in [1.54, 1.807) is 28.8 Å². The molecular weight excluding hydrogens is 404 g/mol. The number of hydrogen-bond donors (Lipinski definition) is 1. The number of imidazole rings is 1. The SMILES string of the molecule is CC(=O)c1cc(C(=O)N2CCOc3ccc(-c4ccc5[nH]c(C)nc5c4)cc3C2)n(C)c1. The van der Waals surface area contributed by atoms with Crippen LogP contribution in [0.3, 0.4) is 0 Å². The summed E-state index contributed by atoms with van der Waals surface area (Å²) in [5, 5.41) is 0. The van der Waals surface area contributed by atoms with Gasteiger partial charge in [0, 0.05) is 30.9 Å². The lowest BCUT2D eigenvalue weighted by atomic mass is 10.0. The van der Waals surface area contributed by atoms with Crippen molar-refractivity contribution in [1.29, 1.82) is 0 Å². The third kappa shape index (κ3) is 3.56. The first kappa shape index (κ1) is 20.1. The van der Waals surface area contributed by atoms with E-state index in [9.17, 15) is 9.59 Å². The van der Waals surface area contributed by atoms with E-state index in [1.807, 2.05) is 25.1 Å². The second-order valence-electron chi connectivity index (χ2n) is 8.23. The average Bonchev–Trinajstić information content (AvgIpc) is 3.26. The molecule has 7 nitrogen and oxygen atoms in total. The molecule has 0 aliphatic carbocycles. The second kappa shape index (κ2) is 7.67. The molecule has 1 aliphatic heterocycles. The number of benzene rings is 2. The predicted molar refractivity (Wildman–Crippen MR) is 122 cm³/mol. The number of H-pyrrole nitrogens is 1. The summed E-state index contributed by atoms with van der Waals surface area (Å²) in [4.78, 5) is 34.5. The minimum atomic E-state index is -0.115. The van der Waals surface area contributed by atoms with Crippen LogP contribution in [0.2, 0.25) is 0 Å². The molecule has 1 aliphatic rings. The van der Waals surface area contributed by atoms with Gasteiger partial charge < -0.3 is 19.2 Å². The molecule has 1 N–H and O–H groups in total. The maximum absolute atomic E-state index is 13.2. The normalized spacial score (nSPS) is 13.5. The summed E-state index contributed by atoms with van der Waals surface area (Å²) >= 11 is 0. The van der Waals surface area contributed by atoms with Crippen molar-refractivity contribution < 1.29 is 14.3 Å². The number of aromatic amines is 1. The number of carbonyl (C=O) groups is 2. The zero-order valence-electron chi connectivity index (χ0n) is 18.3. The molecule has 0 atom stereocenters. The van der Waals surface area contributed by atoms with Crippen LogP contribution in [0.5, 0.6) is 5.75 Å². The zero-order valence-corrected chi connectivity index (χ0v) is 18.3. The number of aromatic nitrogens is 3. The lowest BCUT2D eigenvalue weighted by molar-refractivity contribution is 0.0723. The molecule has 0 fully saturated rings. The first-order valence-corrected chi connectivity index (χ1v) is 10.6. The number of fused-ring (bicyclic) bond motifs is 2. The van der Waals surface area contributed by atoms with Gasteiger partial charge in [0.15, 0.2) is 5.78 Å². The monoisotopic (exact) mass is 428 g/mol. The van der Waals surface area contributed by atoms with E-state index >= 15 is 0 Å². The average molecular weight is 428 g/mol. The maximum Gasteiger partial charge on any atom is 0.270 e. The fourth-order valence-electron chi connectivity index (χ4n) is 4.19. The Morgan fingerprint density at radius 3 is 2.66 bits per heavy atom. The number of nitrogens with one attached hydrogen (secondary N) is 1. The van der Waals surface area contributed by atoms with E-state index < -0.39 is 0 Å². The van der Waals surface area contributed by atoms with E-state index in [0.29, 0.717) is 31.0 Å². The minimum Gasteiger partial charge on any atom is -0.491 e. The molecular formula is C25H24N4O3. The Morgan fingerprint density at radius 2 is 1.88 bits per heavy atom. The Morgan fingerprint density at radius 1 is 1.09 bits per heavy atom. The molecule has 4 aromatic rings. The number of nitrogens with zero attached hydrogens (tertiary/aromatic N) is 3. The van der Waals surface area contributed by atoms with Crippen LogP contribution in [0.25, 0.3) is 22.2 Å². The Kier molecular flexibility index (Phi) is 4.81. The second-order valence-corrected chi connectivity index (χ2v) is 8.23. The van der Waals surface area contributed by atoms with Crippen molar-refractivity contribution in [3.8, 4) is 16.9 Å². The topological polar surface area (TPSA) is 80.2 Å². The number of rotatable bonds is 3. The molecule has 2 aromatic carbocycles. The van der Waals surface area contributed by atoms with E-state index in [0.717, 1.165) is 39.3 Å². The van der Waals surface area contributed by atoms with Gasteiger partial charge in [0.05, 0.1) is 17.6 Å². The fourth-order valence-corrected chi connectivity index (χ4v) is 4.19. The van der Waals surface area contributed by atoms with Gasteiger partial charge in [-0.3, -0.25) is 9.59 Å². The first-order chi connectivity index (χ1) is 15.4. The van der Waals surface area contributed by atoms with Gasteiger partial charge >= 0.3 is 0 Å². The van der Waals surface area contributed by atoms with Crippen molar-refractivity contribution in [2.45, 2.75) is 20.4 Å². The number of hydrogen-bond acceptors (Lipinski definition) is 4. The highest BCUT2D eigenvalue weighted by Gasteiger charge is 2.24. The van der Waals surface area contributed by atoms with Crippen molar-refractivity contribution in [2.24, 2.45) is 7.05 Å². The summed E-state index contributed by atoms with van der Waals surface area (Å²) in [5.41, 5.74) is 6.02. The molecule has 7 heteroatoms. The Balaban J connectivity index is 1.46. The van der Waals surface area contributed by atoms with E-state index in [4.69, 9.17) is 4.74 Å². The zero-order chi connectivity index (χ0) is 22.4. The van der Waals surface area contributed by atoms with E-state index in [1.165, 1.54) is 6.92 Å². The highest BCUT2D eigenvalue weighted by molar-refractivity contribution is 5.99. The molecule has 0 spiro atoms. The molecule has 2 aromatic heterocycles. The van der Waals surface area contributed by atoms with E-state index in [-0.39, 0.29) is 11.7 Å². The largest absolute Gasteiger partial charge is 0.491 e. The summed E-state index contributed by atoms with van der Waals surface area (Å²) in [6, 6.07) is 13.9. The molecule has 162 valence electrons. The Labute approximate surface area is 185 Å². The van der Waals surface area contributed by atoms with Crippen LogP contribution < -0.4 is 4.74 Å². The highest BCUT2D eigenvalue weighted by Crippen LogP contribution is 2.31. The number of ketones is 1. The summed E-state index contributed by atoms with van der Waals surface area (Å²) < 4.78 is 7.64. The molecule has 0 radical (unpaired) electrons. The summed E-state index contributed by atoms with van der Waals surface area (Å²) in [6.45, 7) is 4.77. The standard InChI is InChI=1S/C25H24N4O3/c1-15(30)19-12-23(28(3)13-19)25(31)29-8-9-32-24-7-5-17(10-20(24)14-29)18-4-6-21-22(11-18)27-16(2)26-21/h4-7,10-13H,8-9,14H2,1-3H3,(H,26,27). The third-order valence-corrected chi connectivity index (χ3v) is 5.89. The van der Waals surface area contributed by atoms with Crippen LogP contribution in [0.1, 0.15) is 39.2 Å². The summed E-state index contributed by atoms with van der Waals surface area (Å²) in [5.74, 6) is 1.50. The van der Waals surface area contributed by atoms with Gasteiger partial charge in [0.1, 0.15) is 23.9 Å². The lowest BCUT2D eigenvalue weighted by Gasteiger charge is -2.20. The maximum atomic E-state index is 13.2. The molecule has 3 heterocycles. The summed E-state index contributed by atoms with van der Waals surface area (Å²) in [6.07, 6.45) is 1.70. The molecule has 5 rings (SSSR count). The predicted octanol–water partition coefficient (Wildman–Crippen LogP) is 4.11. The number of ether oxygens (including phenoxy) is 1. The van der Waals surface area contributed by atoms with E-state index in [2.05, 4.69) is 28.2 Å². The highest BCUT2D eigenvalue weighted by atomic mass is 16.5. The lowest BCUT2D eigenvalue weighted by Crippen LogP contribution is -2.33. The van der Waals surface area contributed by atoms with Gasteiger partial charge in [-0.15, -0.1) is 0 Å². The van der Waals surface area contributed by atoms with Crippen LogP contribution in [0.4, 0.5) is 0 Å². The van der Waals surface area contributed by atoms with Crippen molar-refractivity contribution in [3.63, 3.8) is 0 Å².